The lowest BCUT2D eigenvalue weighted by Gasteiger charge is -2.44. The van der Waals surface area contributed by atoms with E-state index in [0.717, 1.165) is 32.7 Å². The Balaban J connectivity index is 1.53. The molecule has 0 bridgehead atoms. The molecule has 0 aromatic heterocycles. The Morgan fingerprint density at radius 1 is 0.793 bits per heavy atom. The van der Waals surface area contributed by atoms with E-state index in [4.69, 9.17) is 0 Å². The highest BCUT2D eigenvalue weighted by atomic mass is 19.1. The predicted molar refractivity (Wildman–Crippen MR) is 117 cm³/mol. The molecule has 3 aromatic carbocycles. The van der Waals surface area contributed by atoms with Crippen molar-refractivity contribution in [2.45, 2.75) is 32.0 Å². The van der Waals surface area contributed by atoms with Crippen molar-refractivity contribution < 1.29 is 4.39 Å². The summed E-state index contributed by atoms with van der Waals surface area (Å²) < 4.78 is 13.4. The van der Waals surface area contributed by atoms with Gasteiger partial charge in [0.15, 0.2) is 0 Å². The zero-order valence-corrected chi connectivity index (χ0v) is 17.0. The van der Waals surface area contributed by atoms with Gasteiger partial charge in [-0.05, 0) is 34.7 Å². The second kappa shape index (κ2) is 9.34. The van der Waals surface area contributed by atoms with Gasteiger partial charge >= 0.3 is 0 Å². The van der Waals surface area contributed by atoms with Gasteiger partial charge < -0.3 is 0 Å². The minimum atomic E-state index is -0.170. The molecule has 1 fully saturated rings. The van der Waals surface area contributed by atoms with E-state index in [1.54, 1.807) is 12.1 Å². The molecule has 1 heterocycles. The van der Waals surface area contributed by atoms with Crippen LogP contribution in [0, 0.1) is 5.82 Å². The molecule has 2 atom stereocenters. The topological polar surface area (TPSA) is 6.48 Å². The van der Waals surface area contributed by atoms with Gasteiger partial charge in [-0.15, -0.1) is 0 Å². The van der Waals surface area contributed by atoms with Crippen LogP contribution in [0.3, 0.4) is 0 Å². The summed E-state index contributed by atoms with van der Waals surface area (Å²) in [4.78, 5) is 5.16. The summed E-state index contributed by atoms with van der Waals surface area (Å²) in [6.07, 6.45) is 0. The largest absolute Gasteiger partial charge is 0.296 e. The summed E-state index contributed by atoms with van der Waals surface area (Å²) in [6, 6.07) is 28.8. The van der Waals surface area contributed by atoms with E-state index in [2.05, 4.69) is 77.4 Å². The van der Waals surface area contributed by atoms with E-state index in [9.17, 15) is 4.39 Å². The first-order valence-corrected chi connectivity index (χ1v) is 10.5. The van der Waals surface area contributed by atoms with E-state index in [1.807, 2.05) is 12.1 Å². The van der Waals surface area contributed by atoms with Crippen LogP contribution in [0.4, 0.5) is 4.39 Å². The van der Waals surface area contributed by atoms with Crippen molar-refractivity contribution in [1.29, 1.82) is 0 Å². The first-order chi connectivity index (χ1) is 14.2. The average molecular weight is 389 g/mol. The average Bonchev–Trinajstić information content (AvgIpc) is 2.76. The molecule has 150 valence electrons. The smallest absolute Gasteiger partial charge is 0.123 e. The Morgan fingerprint density at radius 2 is 1.38 bits per heavy atom. The van der Waals surface area contributed by atoms with Crippen LogP contribution in [0.15, 0.2) is 84.9 Å². The normalized spacial score (nSPS) is 19.2. The standard InChI is InChI=1S/C26H29FN2/c1-21(24-12-14-25(27)15-13-24)26-20-28(18-22-8-4-2-5-9-22)16-17-29(26)19-23-10-6-3-7-11-23/h2-15,21,26H,16-20H2,1H3/t21?,26-/m1/s1. The van der Waals surface area contributed by atoms with Gasteiger partial charge in [0.1, 0.15) is 5.82 Å². The fourth-order valence-corrected chi connectivity index (χ4v) is 4.37. The molecule has 1 aliphatic heterocycles. The molecule has 1 saturated heterocycles. The summed E-state index contributed by atoms with van der Waals surface area (Å²) in [7, 11) is 0. The van der Waals surface area contributed by atoms with Crippen molar-refractivity contribution in [3.8, 4) is 0 Å². The van der Waals surface area contributed by atoms with Gasteiger partial charge in [0.25, 0.3) is 0 Å². The quantitative estimate of drug-likeness (QED) is 0.564. The lowest BCUT2D eigenvalue weighted by molar-refractivity contribution is 0.0522. The summed E-state index contributed by atoms with van der Waals surface area (Å²) in [5.41, 5.74) is 3.91. The van der Waals surface area contributed by atoms with E-state index < -0.39 is 0 Å². The molecular weight excluding hydrogens is 359 g/mol. The molecule has 0 N–H and O–H groups in total. The van der Waals surface area contributed by atoms with E-state index in [0.29, 0.717) is 12.0 Å². The van der Waals surface area contributed by atoms with Crippen molar-refractivity contribution in [3.05, 3.63) is 107 Å². The van der Waals surface area contributed by atoms with Crippen molar-refractivity contribution in [3.63, 3.8) is 0 Å². The highest BCUT2D eigenvalue weighted by Gasteiger charge is 2.31. The molecule has 0 radical (unpaired) electrons. The molecule has 1 aliphatic rings. The summed E-state index contributed by atoms with van der Waals surface area (Å²) >= 11 is 0. The van der Waals surface area contributed by atoms with E-state index in [-0.39, 0.29) is 5.82 Å². The molecule has 3 heteroatoms. The van der Waals surface area contributed by atoms with Crippen molar-refractivity contribution in [2.75, 3.05) is 19.6 Å². The lowest BCUT2D eigenvalue weighted by atomic mass is 9.90. The molecule has 3 aromatic rings. The highest BCUT2D eigenvalue weighted by Crippen LogP contribution is 2.28. The minimum Gasteiger partial charge on any atom is -0.296 e. The van der Waals surface area contributed by atoms with Crippen molar-refractivity contribution in [1.82, 2.24) is 9.80 Å². The van der Waals surface area contributed by atoms with Crippen LogP contribution >= 0.6 is 0 Å². The number of rotatable bonds is 6. The Labute approximate surface area is 173 Å². The fraction of sp³-hybridized carbons (Fsp3) is 0.308. The number of hydrogen-bond acceptors (Lipinski definition) is 2. The van der Waals surface area contributed by atoms with Crippen molar-refractivity contribution in [2.24, 2.45) is 0 Å². The van der Waals surface area contributed by atoms with Crippen LogP contribution in [0.5, 0.6) is 0 Å². The monoisotopic (exact) mass is 388 g/mol. The number of halogens is 1. The van der Waals surface area contributed by atoms with Crippen LogP contribution < -0.4 is 0 Å². The van der Waals surface area contributed by atoms with E-state index >= 15 is 0 Å². The predicted octanol–water partition coefficient (Wildman–Crippen LogP) is 5.32. The van der Waals surface area contributed by atoms with Gasteiger partial charge in [-0.1, -0.05) is 79.7 Å². The molecule has 4 rings (SSSR count). The number of piperazine rings is 1. The Bertz CT molecular complexity index is 880. The van der Waals surface area contributed by atoms with Gasteiger partial charge in [-0.3, -0.25) is 9.80 Å². The summed E-state index contributed by atoms with van der Waals surface area (Å²) in [5, 5.41) is 0. The molecule has 0 amide bonds. The summed E-state index contributed by atoms with van der Waals surface area (Å²) in [6.45, 7) is 7.33. The SMILES string of the molecule is CC(c1ccc(F)cc1)[C@H]1CN(Cc2ccccc2)CCN1Cc1ccccc1. The van der Waals surface area contributed by atoms with Gasteiger partial charge in [0.05, 0.1) is 0 Å². The number of hydrogen-bond donors (Lipinski definition) is 0. The van der Waals surface area contributed by atoms with Crippen LogP contribution in [0.1, 0.15) is 29.5 Å². The van der Waals surface area contributed by atoms with Gasteiger partial charge in [-0.2, -0.15) is 0 Å². The van der Waals surface area contributed by atoms with Crippen LogP contribution in [0.25, 0.3) is 0 Å². The molecule has 0 aliphatic carbocycles. The Kier molecular flexibility index (Phi) is 6.38. The van der Waals surface area contributed by atoms with E-state index in [1.165, 1.54) is 16.7 Å². The highest BCUT2D eigenvalue weighted by molar-refractivity contribution is 5.23. The van der Waals surface area contributed by atoms with Gasteiger partial charge in [-0.25, -0.2) is 4.39 Å². The van der Waals surface area contributed by atoms with Gasteiger partial charge in [0.2, 0.25) is 0 Å². The first-order valence-electron chi connectivity index (χ1n) is 10.5. The van der Waals surface area contributed by atoms with Gasteiger partial charge in [0, 0.05) is 38.8 Å². The molecule has 2 nitrogen and oxygen atoms in total. The zero-order valence-electron chi connectivity index (χ0n) is 17.0. The molecular formula is C26H29FN2. The fourth-order valence-electron chi connectivity index (χ4n) is 4.37. The van der Waals surface area contributed by atoms with Crippen LogP contribution in [-0.4, -0.2) is 35.5 Å². The Hall–Kier alpha value is -2.49. The third-order valence-electron chi connectivity index (χ3n) is 6.07. The first kappa shape index (κ1) is 19.8. The maximum absolute atomic E-state index is 13.4. The molecule has 1 unspecified atom stereocenters. The number of benzene rings is 3. The minimum absolute atomic E-state index is 0.170. The second-order valence-corrected chi connectivity index (χ2v) is 8.08. The van der Waals surface area contributed by atoms with Crippen LogP contribution in [0.2, 0.25) is 0 Å². The summed E-state index contributed by atoms with van der Waals surface area (Å²) in [5.74, 6) is 0.161. The maximum atomic E-state index is 13.4. The molecule has 0 spiro atoms. The third-order valence-corrected chi connectivity index (χ3v) is 6.07. The molecule has 29 heavy (non-hydrogen) atoms. The number of nitrogens with zero attached hydrogens (tertiary/aromatic N) is 2. The lowest BCUT2D eigenvalue weighted by Crippen LogP contribution is -2.54. The second-order valence-electron chi connectivity index (χ2n) is 8.08. The molecule has 0 saturated carbocycles. The Morgan fingerprint density at radius 3 is 2.00 bits per heavy atom. The van der Waals surface area contributed by atoms with Crippen molar-refractivity contribution >= 4 is 0 Å². The zero-order chi connectivity index (χ0) is 20.1. The van der Waals surface area contributed by atoms with Crippen LogP contribution in [-0.2, 0) is 13.1 Å². The maximum Gasteiger partial charge on any atom is 0.123 e. The third kappa shape index (κ3) is 5.11.